The van der Waals surface area contributed by atoms with Gasteiger partial charge in [-0.2, -0.15) is 13.2 Å². The van der Waals surface area contributed by atoms with Gasteiger partial charge in [0.1, 0.15) is 0 Å². The molecule has 0 aromatic heterocycles. The third kappa shape index (κ3) is 6.64. The van der Waals surface area contributed by atoms with Gasteiger partial charge in [0.25, 0.3) is 0 Å². The minimum absolute atomic E-state index is 0.0326. The molecule has 0 aliphatic rings. The van der Waals surface area contributed by atoms with E-state index in [4.69, 9.17) is 11.6 Å². The fourth-order valence-corrected chi connectivity index (χ4v) is 1.80. The van der Waals surface area contributed by atoms with E-state index in [-0.39, 0.29) is 17.1 Å². The van der Waals surface area contributed by atoms with Gasteiger partial charge in [-0.05, 0) is 32.3 Å². The molecule has 0 saturated heterocycles. The summed E-state index contributed by atoms with van der Waals surface area (Å²) in [5.74, 6) is -0.390. The van der Waals surface area contributed by atoms with Gasteiger partial charge in [0.2, 0.25) is 5.91 Å². The standard InChI is InChI=1S/C14H19ClF3N3O/c1-21(2)8-7-19-6-5-13(22)20-12-9-10(14(16,17)18)3-4-11(12)15/h3-4,9,19H,5-8H2,1-2H3,(H,20,22). The Labute approximate surface area is 132 Å². The summed E-state index contributed by atoms with van der Waals surface area (Å²) in [6, 6.07) is 2.83. The SMILES string of the molecule is CN(C)CCNCCC(=O)Nc1cc(C(F)(F)F)ccc1Cl. The van der Waals surface area contributed by atoms with Gasteiger partial charge in [-0.15, -0.1) is 0 Å². The van der Waals surface area contributed by atoms with Gasteiger partial charge in [-0.3, -0.25) is 4.79 Å². The molecule has 1 amide bonds. The van der Waals surface area contributed by atoms with Gasteiger partial charge >= 0.3 is 6.18 Å². The van der Waals surface area contributed by atoms with Crippen molar-refractivity contribution in [2.75, 3.05) is 39.0 Å². The molecule has 8 heteroatoms. The normalized spacial score (nSPS) is 11.8. The minimum atomic E-state index is -4.47. The van der Waals surface area contributed by atoms with E-state index in [0.717, 1.165) is 31.3 Å². The van der Waals surface area contributed by atoms with E-state index in [1.54, 1.807) is 0 Å². The van der Waals surface area contributed by atoms with Crippen LogP contribution >= 0.6 is 11.6 Å². The highest BCUT2D eigenvalue weighted by atomic mass is 35.5. The maximum Gasteiger partial charge on any atom is 0.416 e. The number of carbonyl (C=O) groups is 1. The van der Waals surface area contributed by atoms with Crippen LogP contribution in [0.2, 0.25) is 5.02 Å². The first-order valence-corrected chi connectivity index (χ1v) is 7.10. The third-order valence-electron chi connectivity index (χ3n) is 2.83. The second-order valence-corrected chi connectivity index (χ2v) is 5.45. The molecule has 0 radical (unpaired) electrons. The van der Waals surface area contributed by atoms with Crippen LogP contribution in [0, 0.1) is 0 Å². The van der Waals surface area contributed by atoms with E-state index in [9.17, 15) is 18.0 Å². The average Bonchev–Trinajstić information content (AvgIpc) is 2.39. The van der Waals surface area contributed by atoms with Crippen LogP contribution in [0.4, 0.5) is 18.9 Å². The Morgan fingerprint density at radius 3 is 2.55 bits per heavy atom. The Hall–Kier alpha value is -1.31. The number of amides is 1. The second-order valence-electron chi connectivity index (χ2n) is 5.04. The first kappa shape index (κ1) is 18.7. The van der Waals surface area contributed by atoms with Gasteiger partial charge in [0, 0.05) is 26.1 Å². The number of halogens is 4. The van der Waals surface area contributed by atoms with E-state index >= 15 is 0 Å². The molecule has 0 heterocycles. The van der Waals surface area contributed by atoms with Crippen LogP contribution < -0.4 is 10.6 Å². The van der Waals surface area contributed by atoms with E-state index in [2.05, 4.69) is 10.6 Å². The average molecular weight is 338 g/mol. The largest absolute Gasteiger partial charge is 0.416 e. The van der Waals surface area contributed by atoms with E-state index in [0.29, 0.717) is 6.54 Å². The predicted molar refractivity (Wildman–Crippen MR) is 81.1 cm³/mol. The number of carbonyl (C=O) groups excluding carboxylic acids is 1. The Morgan fingerprint density at radius 1 is 1.27 bits per heavy atom. The smallest absolute Gasteiger partial charge is 0.325 e. The minimum Gasteiger partial charge on any atom is -0.325 e. The lowest BCUT2D eigenvalue weighted by Gasteiger charge is -2.12. The van der Waals surface area contributed by atoms with Crippen LogP contribution in [0.1, 0.15) is 12.0 Å². The first-order valence-electron chi connectivity index (χ1n) is 6.72. The highest BCUT2D eigenvalue weighted by molar-refractivity contribution is 6.33. The highest BCUT2D eigenvalue weighted by Gasteiger charge is 2.31. The highest BCUT2D eigenvalue weighted by Crippen LogP contribution is 2.33. The number of alkyl halides is 3. The number of anilines is 1. The summed E-state index contributed by atoms with van der Waals surface area (Å²) in [5, 5.41) is 5.54. The number of nitrogens with one attached hydrogen (secondary N) is 2. The third-order valence-corrected chi connectivity index (χ3v) is 3.16. The van der Waals surface area contributed by atoms with Crippen molar-refractivity contribution in [2.45, 2.75) is 12.6 Å². The molecule has 4 nitrogen and oxygen atoms in total. The van der Waals surface area contributed by atoms with Crippen molar-refractivity contribution < 1.29 is 18.0 Å². The van der Waals surface area contributed by atoms with Crippen molar-refractivity contribution in [2.24, 2.45) is 0 Å². The molecule has 0 fully saturated rings. The van der Waals surface area contributed by atoms with Gasteiger partial charge < -0.3 is 15.5 Å². The Balaban J connectivity index is 2.50. The zero-order chi connectivity index (χ0) is 16.8. The van der Waals surface area contributed by atoms with E-state index < -0.39 is 17.6 Å². The van der Waals surface area contributed by atoms with Crippen molar-refractivity contribution in [3.05, 3.63) is 28.8 Å². The Bertz CT molecular complexity index is 507. The lowest BCUT2D eigenvalue weighted by atomic mass is 10.2. The topological polar surface area (TPSA) is 44.4 Å². The lowest BCUT2D eigenvalue weighted by molar-refractivity contribution is -0.137. The summed E-state index contributed by atoms with van der Waals surface area (Å²) in [7, 11) is 3.87. The fourth-order valence-electron chi connectivity index (χ4n) is 1.64. The van der Waals surface area contributed by atoms with Gasteiger partial charge in [0.05, 0.1) is 16.3 Å². The van der Waals surface area contributed by atoms with Crippen LogP contribution in [0.25, 0.3) is 0 Å². The summed E-state index contributed by atoms with van der Waals surface area (Å²) in [5.41, 5.74) is -0.883. The fraction of sp³-hybridized carbons (Fsp3) is 0.500. The molecule has 1 aromatic carbocycles. The number of hydrogen-bond donors (Lipinski definition) is 2. The summed E-state index contributed by atoms with van der Waals surface area (Å²) < 4.78 is 37.9. The Kier molecular flexibility index (Phi) is 7.12. The maximum absolute atomic E-state index is 12.6. The number of rotatable bonds is 7. The summed E-state index contributed by atoms with van der Waals surface area (Å²) >= 11 is 5.81. The number of nitrogens with zero attached hydrogens (tertiary/aromatic N) is 1. The van der Waals surface area contributed by atoms with E-state index in [1.165, 1.54) is 0 Å². The lowest BCUT2D eigenvalue weighted by Crippen LogP contribution is -2.29. The number of likely N-dealkylation sites (N-methyl/N-ethyl adjacent to an activating group) is 1. The maximum atomic E-state index is 12.6. The molecule has 1 rings (SSSR count). The van der Waals surface area contributed by atoms with Crippen molar-refractivity contribution >= 4 is 23.2 Å². The summed E-state index contributed by atoms with van der Waals surface area (Å²) in [6.45, 7) is 2.00. The van der Waals surface area contributed by atoms with Crippen molar-refractivity contribution in [1.29, 1.82) is 0 Å². The molecule has 0 spiro atoms. The van der Waals surface area contributed by atoms with Gasteiger partial charge in [0.15, 0.2) is 0 Å². The van der Waals surface area contributed by atoms with Crippen molar-refractivity contribution in [3.63, 3.8) is 0 Å². The van der Waals surface area contributed by atoms with E-state index in [1.807, 2.05) is 19.0 Å². The second kappa shape index (κ2) is 8.36. The molecular weight excluding hydrogens is 319 g/mol. The molecule has 0 aliphatic heterocycles. The van der Waals surface area contributed by atoms with Gasteiger partial charge in [-0.1, -0.05) is 11.6 Å². The molecule has 0 aliphatic carbocycles. The van der Waals surface area contributed by atoms with Crippen LogP contribution in [-0.4, -0.2) is 44.5 Å². The zero-order valence-electron chi connectivity index (χ0n) is 12.4. The van der Waals surface area contributed by atoms with Crippen molar-refractivity contribution in [3.8, 4) is 0 Å². The molecule has 124 valence electrons. The van der Waals surface area contributed by atoms with Crippen LogP contribution in [0.3, 0.4) is 0 Å². The zero-order valence-corrected chi connectivity index (χ0v) is 13.2. The van der Waals surface area contributed by atoms with Gasteiger partial charge in [-0.25, -0.2) is 0 Å². The molecule has 22 heavy (non-hydrogen) atoms. The van der Waals surface area contributed by atoms with Crippen LogP contribution in [0.15, 0.2) is 18.2 Å². The molecular formula is C14H19ClF3N3O. The number of benzene rings is 1. The van der Waals surface area contributed by atoms with Crippen LogP contribution in [-0.2, 0) is 11.0 Å². The number of hydrogen-bond acceptors (Lipinski definition) is 3. The summed E-state index contributed by atoms with van der Waals surface area (Å²) in [6.07, 6.45) is -4.32. The molecule has 2 N–H and O–H groups in total. The molecule has 0 bridgehead atoms. The first-order chi connectivity index (χ1) is 10.2. The van der Waals surface area contributed by atoms with Crippen LogP contribution in [0.5, 0.6) is 0 Å². The quantitative estimate of drug-likeness (QED) is 0.752. The molecule has 1 aromatic rings. The molecule has 0 atom stereocenters. The van der Waals surface area contributed by atoms with Crippen molar-refractivity contribution in [1.82, 2.24) is 10.2 Å². The predicted octanol–water partition coefficient (Wildman–Crippen LogP) is 2.84. The summed E-state index contributed by atoms with van der Waals surface area (Å²) in [4.78, 5) is 13.7. The molecule has 0 unspecified atom stereocenters. The monoisotopic (exact) mass is 337 g/mol. The Morgan fingerprint density at radius 2 is 1.95 bits per heavy atom. The molecule has 0 saturated carbocycles.